The minimum Gasteiger partial charge on any atom is -0.376 e. The van der Waals surface area contributed by atoms with Gasteiger partial charge in [0.1, 0.15) is 13.4 Å². The van der Waals surface area contributed by atoms with Crippen LogP contribution in [0.15, 0.2) is 0 Å². The summed E-state index contributed by atoms with van der Waals surface area (Å²) in [6.07, 6.45) is 5.03. The van der Waals surface area contributed by atoms with E-state index in [4.69, 9.17) is 32.2 Å². The summed E-state index contributed by atoms with van der Waals surface area (Å²) in [5.74, 6) is 2.72. The normalized spacial score (nSPS) is 12.8. The Morgan fingerprint density at radius 1 is 1.36 bits per heavy atom. The second kappa shape index (κ2) is 9.29. The second-order valence-corrected chi connectivity index (χ2v) is 3.30. The predicted octanol–water partition coefficient (Wildman–Crippen LogP) is 1.64. The minimum absolute atomic E-state index is 0.142. The largest absolute Gasteiger partial charge is 0.376 e. The van der Waals surface area contributed by atoms with E-state index in [2.05, 4.69) is 5.92 Å². The first-order chi connectivity index (χ1) is 6.70. The van der Waals surface area contributed by atoms with Gasteiger partial charge in [-0.15, -0.1) is 18.0 Å². The van der Waals surface area contributed by atoms with Crippen LogP contribution in [0.2, 0.25) is 0 Å². The number of hydrogen-bond donors (Lipinski definition) is 0. The van der Waals surface area contributed by atoms with Crippen LogP contribution in [0.5, 0.6) is 0 Å². The van der Waals surface area contributed by atoms with Crippen molar-refractivity contribution in [1.29, 1.82) is 0 Å². The summed E-state index contributed by atoms with van der Waals surface area (Å²) in [6, 6.07) is 0. The number of halogens is 1. The maximum absolute atomic E-state index is 5.66. The van der Waals surface area contributed by atoms with Crippen molar-refractivity contribution in [3.63, 3.8) is 0 Å². The van der Waals surface area contributed by atoms with Crippen molar-refractivity contribution in [3.05, 3.63) is 0 Å². The highest BCUT2D eigenvalue weighted by Gasteiger charge is 2.08. The van der Waals surface area contributed by atoms with E-state index < -0.39 is 0 Å². The Morgan fingerprint density at radius 2 is 2.07 bits per heavy atom. The predicted molar refractivity (Wildman–Crippen MR) is 56.3 cm³/mol. The SMILES string of the molecule is C#CCOCOC(CCl)COC(C)C. The van der Waals surface area contributed by atoms with Crippen LogP contribution in [-0.2, 0) is 14.2 Å². The van der Waals surface area contributed by atoms with E-state index in [1.807, 2.05) is 13.8 Å². The zero-order chi connectivity index (χ0) is 10.8. The lowest BCUT2D eigenvalue weighted by Crippen LogP contribution is -2.25. The van der Waals surface area contributed by atoms with Crippen LogP contribution >= 0.6 is 11.6 Å². The van der Waals surface area contributed by atoms with E-state index in [-0.39, 0.29) is 25.6 Å². The van der Waals surface area contributed by atoms with E-state index in [0.717, 1.165) is 0 Å². The van der Waals surface area contributed by atoms with Gasteiger partial charge in [0.2, 0.25) is 0 Å². The molecule has 0 fully saturated rings. The van der Waals surface area contributed by atoms with Crippen LogP contribution in [0, 0.1) is 12.3 Å². The number of hydrogen-bond acceptors (Lipinski definition) is 3. The van der Waals surface area contributed by atoms with Gasteiger partial charge in [-0.1, -0.05) is 5.92 Å². The molecule has 0 rings (SSSR count). The topological polar surface area (TPSA) is 27.7 Å². The third-order valence-corrected chi connectivity index (χ3v) is 1.70. The van der Waals surface area contributed by atoms with E-state index in [1.54, 1.807) is 0 Å². The van der Waals surface area contributed by atoms with Gasteiger partial charge in [-0.25, -0.2) is 0 Å². The molecule has 4 heteroatoms. The Balaban J connectivity index is 3.44. The van der Waals surface area contributed by atoms with Gasteiger partial charge in [-0.05, 0) is 13.8 Å². The van der Waals surface area contributed by atoms with E-state index in [0.29, 0.717) is 12.5 Å². The molecular formula is C10H17ClO3. The molecule has 0 aromatic heterocycles. The molecule has 3 nitrogen and oxygen atoms in total. The van der Waals surface area contributed by atoms with Gasteiger partial charge in [-0.3, -0.25) is 0 Å². The van der Waals surface area contributed by atoms with Crippen molar-refractivity contribution >= 4 is 11.6 Å². The molecule has 82 valence electrons. The summed E-state index contributed by atoms with van der Waals surface area (Å²) in [5, 5.41) is 0. The Morgan fingerprint density at radius 3 is 2.57 bits per heavy atom. The number of rotatable bonds is 8. The van der Waals surface area contributed by atoms with Crippen LogP contribution in [0.3, 0.4) is 0 Å². The van der Waals surface area contributed by atoms with Gasteiger partial charge >= 0.3 is 0 Å². The van der Waals surface area contributed by atoms with E-state index >= 15 is 0 Å². The van der Waals surface area contributed by atoms with Crippen molar-refractivity contribution in [2.24, 2.45) is 0 Å². The maximum atomic E-state index is 5.66. The van der Waals surface area contributed by atoms with Crippen molar-refractivity contribution < 1.29 is 14.2 Å². The van der Waals surface area contributed by atoms with Gasteiger partial charge in [0.05, 0.1) is 24.7 Å². The fourth-order valence-electron chi connectivity index (χ4n) is 0.682. The summed E-state index contributed by atoms with van der Waals surface area (Å²) in [5.41, 5.74) is 0. The molecule has 0 saturated heterocycles. The number of terminal acetylenes is 1. The number of alkyl halides is 1. The molecule has 0 aliphatic carbocycles. The first-order valence-electron chi connectivity index (χ1n) is 4.51. The fraction of sp³-hybridized carbons (Fsp3) is 0.800. The molecule has 0 N–H and O–H groups in total. The smallest absolute Gasteiger partial charge is 0.148 e. The molecule has 0 aromatic carbocycles. The average molecular weight is 221 g/mol. The quantitative estimate of drug-likeness (QED) is 0.269. The van der Waals surface area contributed by atoms with Gasteiger partial charge in [0.15, 0.2) is 0 Å². The standard InChI is InChI=1S/C10H17ClO3/c1-4-5-12-8-14-10(6-11)7-13-9(2)3/h1,9-10H,5-8H2,2-3H3. The van der Waals surface area contributed by atoms with Gasteiger partial charge in [0, 0.05) is 0 Å². The van der Waals surface area contributed by atoms with Crippen LogP contribution in [0.1, 0.15) is 13.8 Å². The average Bonchev–Trinajstić information content (AvgIpc) is 2.16. The zero-order valence-corrected chi connectivity index (χ0v) is 9.42. The third-order valence-electron chi connectivity index (χ3n) is 1.36. The zero-order valence-electron chi connectivity index (χ0n) is 8.66. The van der Waals surface area contributed by atoms with Crippen LogP contribution < -0.4 is 0 Å². The van der Waals surface area contributed by atoms with E-state index in [9.17, 15) is 0 Å². The maximum Gasteiger partial charge on any atom is 0.148 e. The van der Waals surface area contributed by atoms with Gasteiger partial charge in [-0.2, -0.15) is 0 Å². The molecule has 0 amide bonds. The molecule has 0 saturated carbocycles. The Kier molecular flexibility index (Phi) is 9.11. The van der Waals surface area contributed by atoms with Crippen molar-refractivity contribution in [3.8, 4) is 12.3 Å². The lowest BCUT2D eigenvalue weighted by atomic mass is 10.4. The van der Waals surface area contributed by atoms with Crippen molar-refractivity contribution in [2.45, 2.75) is 26.1 Å². The molecule has 0 radical (unpaired) electrons. The third kappa shape index (κ3) is 8.33. The minimum atomic E-state index is -0.142. The summed E-state index contributed by atoms with van der Waals surface area (Å²) in [4.78, 5) is 0. The molecular weight excluding hydrogens is 204 g/mol. The Hall–Kier alpha value is -0.270. The summed E-state index contributed by atoms with van der Waals surface area (Å²) >= 11 is 5.66. The highest BCUT2D eigenvalue weighted by molar-refractivity contribution is 6.18. The second-order valence-electron chi connectivity index (χ2n) is 3.00. The molecule has 1 atom stereocenters. The van der Waals surface area contributed by atoms with Gasteiger partial charge in [0.25, 0.3) is 0 Å². The lowest BCUT2D eigenvalue weighted by molar-refractivity contribution is -0.102. The summed E-state index contributed by atoms with van der Waals surface area (Å²) < 4.78 is 15.6. The molecule has 14 heavy (non-hydrogen) atoms. The summed E-state index contributed by atoms with van der Waals surface area (Å²) in [6.45, 7) is 4.80. The van der Waals surface area contributed by atoms with Crippen LogP contribution in [0.4, 0.5) is 0 Å². The molecule has 0 bridgehead atoms. The van der Waals surface area contributed by atoms with Crippen molar-refractivity contribution in [1.82, 2.24) is 0 Å². The molecule has 0 heterocycles. The van der Waals surface area contributed by atoms with Gasteiger partial charge < -0.3 is 14.2 Å². The van der Waals surface area contributed by atoms with Crippen LogP contribution in [-0.4, -0.2) is 38.1 Å². The fourth-order valence-corrected chi connectivity index (χ4v) is 0.860. The molecule has 0 aliphatic rings. The highest BCUT2D eigenvalue weighted by atomic mass is 35.5. The monoisotopic (exact) mass is 220 g/mol. The lowest BCUT2D eigenvalue weighted by Gasteiger charge is -2.16. The first kappa shape index (κ1) is 13.7. The molecule has 0 aromatic rings. The Bertz CT molecular complexity index is 165. The number of ether oxygens (including phenoxy) is 3. The molecule has 1 unspecified atom stereocenters. The highest BCUT2D eigenvalue weighted by Crippen LogP contribution is 1.99. The van der Waals surface area contributed by atoms with E-state index in [1.165, 1.54) is 0 Å². The molecule has 0 spiro atoms. The van der Waals surface area contributed by atoms with Crippen LogP contribution in [0.25, 0.3) is 0 Å². The molecule has 0 aliphatic heterocycles. The van der Waals surface area contributed by atoms with Crippen molar-refractivity contribution in [2.75, 3.05) is 25.9 Å². The summed E-state index contributed by atoms with van der Waals surface area (Å²) in [7, 11) is 0. The first-order valence-corrected chi connectivity index (χ1v) is 5.04. The Labute approximate surface area is 90.7 Å².